The molecular formula is C16H25N3O2. The SMILES string of the molecule is CC(C)(C)OC(=O)N[C@@H]1CCCN(Cc2ccccn2)C1. The lowest BCUT2D eigenvalue weighted by atomic mass is 10.1. The number of nitrogens with one attached hydrogen (secondary N) is 1. The van der Waals surface area contributed by atoms with Crippen LogP contribution in [0.5, 0.6) is 0 Å². The number of pyridine rings is 1. The van der Waals surface area contributed by atoms with Crippen LogP contribution in [0.15, 0.2) is 24.4 Å². The summed E-state index contributed by atoms with van der Waals surface area (Å²) in [4.78, 5) is 18.5. The Bertz CT molecular complexity index is 456. The molecule has 1 N–H and O–H groups in total. The third-order valence-corrected chi connectivity index (χ3v) is 3.34. The Kier molecular flexibility index (Phi) is 5.17. The van der Waals surface area contributed by atoms with E-state index in [0.717, 1.165) is 38.2 Å². The molecule has 1 amide bonds. The quantitative estimate of drug-likeness (QED) is 0.930. The molecule has 2 heterocycles. The van der Waals surface area contributed by atoms with Gasteiger partial charge in [-0.05, 0) is 52.3 Å². The van der Waals surface area contributed by atoms with Crippen molar-refractivity contribution >= 4 is 6.09 Å². The van der Waals surface area contributed by atoms with Gasteiger partial charge in [-0.3, -0.25) is 9.88 Å². The van der Waals surface area contributed by atoms with E-state index in [1.807, 2.05) is 45.2 Å². The minimum absolute atomic E-state index is 0.150. The highest BCUT2D eigenvalue weighted by molar-refractivity contribution is 5.68. The normalized spacial score (nSPS) is 20.0. The molecule has 1 aliphatic rings. The number of carbonyl (C=O) groups excluding carboxylic acids is 1. The van der Waals surface area contributed by atoms with Gasteiger partial charge in [0.15, 0.2) is 0 Å². The fraction of sp³-hybridized carbons (Fsp3) is 0.625. The van der Waals surface area contributed by atoms with Crippen molar-refractivity contribution in [3.05, 3.63) is 30.1 Å². The lowest BCUT2D eigenvalue weighted by Crippen LogP contribution is -2.48. The van der Waals surface area contributed by atoms with Gasteiger partial charge in [-0.25, -0.2) is 4.79 Å². The molecule has 5 nitrogen and oxygen atoms in total. The summed E-state index contributed by atoms with van der Waals surface area (Å²) in [6.45, 7) is 8.34. The number of rotatable bonds is 3. The van der Waals surface area contributed by atoms with Crippen LogP contribution in [0, 0.1) is 0 Å². The third kappa shape index (κ3) is 5.71. The van der Waals surface area contributed by atoms with Crippen LogP contribution in [-0.2, 0) is 11.3 Å². The molecule has 21 heavy (non-hydrogen) atoms. The van der Waals surface area contributed by atoms with E-state index >= 15 is 0 Å². The van der Waals surface area contributed by atoms with Gasteiger partial charge in [-0.2, -0.15) is 0 Å². The van der Waals surface area contributed by atoms with Crippen LogP contribution in [-0.4, -0.2) is 40.7 Å². The minimum atomic E-state index is -0.452. The van der Waals surface area contributed by atoms with E-state index in [4.69, 9.17) is 4.74 Å². The third-order valence-electron chi connectivity index (χ3n) is 3.34. The molecule has 1 aromatic heterocycles. The molecule has 0 saturated carbocycles. The smallest absolute Gasteiger partial charge is 0.407 e. The number of carbonyl (C=O) groups is 1. The highest BCUT2D eigenvalue weighted by Gasteiger charge is 2.24. The van der Waals surface area contributed by atoms with Crippen LogP contribution in [0.3, 0.4) is 0 Å². The summed E-state index contributed by atoms with van der Waals surface area (Å²) in [5.41, 5.74) is 0.613. The first-order valence-electron chi connectivity index (χ1n) is 7.54. The number of nitrogens with zero attached hydrogens (tertiary/aromatic N) is 2. The average Bonchev–Trinajstić information content (AvgIpc) is 2.38. The highest BCUT2D eigenvalue weighted by atomic mass is 16.6. The molecule has 0 radical (unpaired) electrons. The monoisotopic (exact) mass is 291 g/mol. The second-order valence-corrected chi connectivity index (χ2v) is 6.54. The Hall–Kier alpha value is -1.62. The summed E-state index contributed by atoms with van der Waals surface area (Å²) in [7, 11) is 0. The van der Waals surface area contributed by atoms with Gasteiger partial charge in [-0.1, -0.05) is 6.07 Å². The maximum atomic E-state index is 11.8. The van der Waals surface area contributed by atoms with Crippen molar-refractivity contribution < 1.29 is 9.53 Å². The number of hydrogen-bond acceptors (Lipinski definition) is 4. The van der Waals surface area contributed by atoms with Crippen molar-refractivity contribution in [2.75, 3.05) is 13.1 Å². The average molecular weight is 291 g/mol. The molecule has 1 aromatic rings. The molecule has 116 valence electrons. The van der Waals surface area contributed by atoms with Crippen molar-refractivity contribution in [1.82, 2.24) is 15.2 Å². The molecule has 1 atom stereocenters. The zero-order chi connectivity index (χ0) is 15.3. The van der Waals surface area contributed by atoms with Gasteiger partial charge in [-0.15, -0.1) is 0 Å². The number of ether oxygens (including phenoxy) is 1. The number of likely N-dealkylation sites (tertiary alicyclic amines) is 1. The maximum Gasteiger partial charge on any atom is 0.407 e. The van der Waals surface area contributed by atoms with Gasteiger partial charge in [0.05, 0.1) is 5.69 Å². The van der Waals surface area contributed by atoms with Crippen LogP contribution in [0.4, 0.5) is 4.79 Å². The van der Waals surface area contributed by atoms with Crippen molar-refractivity contribution in [2.24, 2.45) is 0 Å². The van der Waals surface area contributed by atoms with Crippen LogP contribution >= 0.6 is 0 Å². The number of hydrogen-bond donors (Lipinski definition) is 1. The first kappa shape index (κ1) is 15.8. The van der Waals surface area contributed by atoms with Gasteiger partial charge >= 0.3 is 6.09 Å². The lowest BCUT2D eigenvalue weighted by Gasteiger charge is -2.33. The molecule has 2 rings (SSSR count). The zero-order valence-electron chi connectivity index (χ0n) is 13.1. The summed E-state index contributed by atoms with van der Waals surface area (Å²) >= 11 is 0. The van der Waals surface area contributed by atoms with Gasteiger partial charge in [0, 0.05) is 25.3 Å². The van der Waals surface area contributed by atoms with Gasteiger partial charge < -0.3 is 10.1 Å². The fourth-order valence-corrected chi connectivity index (χ4v) is 2.51. The predicted molar refractivity (Wildman–Crippen MR) is 81.9 cm³/mol. The second-order valence-electron chi connectivity index (χ2n) is 6.54. The van der Waals surface area contributed by atoms with E-state index in [-0.39, 0.29) is 12.1 Å². The van der Waals surface area contributed by atoms with Crippen LogP contribution in [0.2, 0.25) is 0 Å². The maximum absolute atomic E-state index is 11.8. The van der Waals surface area contributed by atoms with Crippen molar-refractivity contribution in [1.29, 1.82) is 0 Å². The largest absolute Gasteiger partial charge is 0.444 e. The molecule has 1 fully saturated rings. The lowest BCUT2D eigenvalue weighted by molar-refractivity contribution is 0.0470. The van der Waals surface area contributed by atoms with Crippen molar-refractivity contribution in [3.8, 4) is 0 Å². The van der Waals surface area contributed by atoms with Crippen molar-refractivity contribution in [3.63, 3.8) is 0 Å². The predicted octanol–water partition coefficient (Wildman–Crippen LogP) is 2.57. The summed E-state index contributed by atoms with van der Waals surface area (Å²) in [5.74, 6) is 0. The summed E-state index contributed by atoms with van der Waals surface area (Å²) in [5, 5.41) is 2.97. The van der Waals surface area contributed by atoms with Crippen molar-refractivity contribution in [2.45, 2.75) is 51.8 Å². The standard InChI is InChI=1S/C16H25N3O2/c1-16(2,3)21-15(20)18-14-8-6-10-19(12-14)11-13-7-4-5-9-17-13/h4-5,7,9,14H,6,8,10-12H2,1-3H3,(H,18,20)/t14-/m1/s1. The van der Waals surface area contributed by atoms with E-state index in [1.54, 1.807) is 0 Å². The van der Waals surface area contributed by atoms with Gasteiger partial charge in [0.1, 0.15) is 5.60 Å². The first-order valence-corrected chi connectivity index (χ1v) is 7.54. The van der Waals surface area contributed by atoms with Crippen LogP contribution in [0.25, 0.3) is 0 Å². The van der Waals surface area contributed by atoms with E-state index in [1.165, 1.54) is 0 Å². The fourth-order valence-electron chi connectivity index (χ4n) is 2.51. The summed E-state index contributed by atoms with van der Waals surface area (Å²) < 4.78 is 5.31. The molecule has 1 saturated heterocycles. The molecular weight excluding hydrogens is 266 g/mol. The number of piperidine rings is 1. The number of alkyl carbamates (subject to hydrolysis) is 1. The Labute approximate surface area is 126 Å². The molecule has 0 spiro atoms. The van der Waals surface area contributed by atoms with Gasteiger partial charge in [0.25, 0.3) is 0 Å². The van der Waals surface area contributed by atoms with Crippen LogP contribution in [0.1, 0.15) is 39.3 Å². The molecule has 5 heteroatoms. The Morgan fingerprint density at radius 3 is 2.95 bits per heavy atom. The molecule has 0 aromatic carbocycles. The summed E-state index contributed by atoms with van der Waals surface area (Å²) in [6, 6.07) is 6.11. The molecule has 0 bridgehead atoms. The summed E-state index contributed by atoms with van der Waals surface area (Å²) in [6.07, 6.45) is 3.56. The Morgan fingerprint density at radius 1 is 1.48 bits per heavy atom. The Morgan fingerprint density at radius 2 is 2.29 bits per heavy atom. The highest BCUT2D eigenvalue weighted by Crippen LogP contribution is 2.14. The zero-order valence-corrected chi connectivity index (χ0v) is 13.1. The van der Waals surface area contributed by atoms with Gasteiger partial charge in [0.2, 0.25) is 0 Å². The molecule has 0 aliphatic carbocycles. The van der Waals surface area contributed by atoms with E-state index < -0.39 is 5.60 Å². The van der Waals surface area contributed by atoms with Crippen LogP contribution < -0.4 is 5.32 Å². The number of amides is 1. The Balaban J connectivity index is 1.82. The molecule has 0 unspecified atom stereocenters. The minimum Gasteiger partial charge on any atom is -0.444 e. The molecule has 1 aliphatic heterocycles. The van der Waals surface area contributed by atoms with E-state index in [2.05, 4.69) is 15.2 Å². The topological polar surface area (TPSA) is 54.5 Å². The second kappa shape index (κ2) is 6.89. The van der Waals surface area contributed by atoms with E-state index in [9.17, 15) is 4.79 Å². The first-order chi connectivity index (χ1) is 9.92. The number of aromatic nitrogens is 1. The van der Waals surface area contributed by atoms with E-state index in [0.29, 0.717) is 0 Å².